The minimum atomic E-state index is -0.000933. The van der Waals surface area contributed by atoms with E-state index in [9.17, 15) is 4.79 Å². The molecule has 6 nitrogen and oxygen atoms in total. The second-order valence-corrected chi connectivity index (χ2v) is 5.24. The fraction of sp³-hybridized carbons (Fsp3) is 0.533. The highest BCUT2D eigenvalue weighted by molar-refractivity contribution is 5.76. The molecule has 2 aromatic heterocycles. The predicted octanol–water partition coefficient (Wildman–Crippen LogP) is 1.09. The molecule has 0 bridgehead atoms. The van der Waals surface area contributed by atoms with Crippen molar-refractivity contribution in [2.45, 2.75) is 40.0 Å². The number of carbonyl (C=O) groups is 1. The summed E-state index contributed by atoms with van der Waals surface area (Å²) in [5.74, 6) is -0.000933. The van der Waals surface area contributed by atoms with Crippen molar-refractivity contribution in [2.75, 3.05) is 13.2 Å². The Bertz CT molecular complexity index is 649. The van der Waals surface area contributed by atoms with Gasteiger partial charge in [0.05, 0.1) is 5.69 Å². The molecule has 0 radical (unpaired) electrons. The Labute approximate surface area is 124 Å². The van der Waals surface area contributed by atoms with Crippen molar-refractivity contribution in [3.8, 4) is 0 Å². The minimum Gasteiger partial charge on any atom is -0.396 e. The van der Waals surface area contributed by atoms with Crippen LogP contribution < -0.4 is 5.32 Å². The third kappa shape index (κ3) is 3.58. The van der Waals surface area contributed by atoms with E-state index in [0.717, 1.165) is 28.3 Å². The lowest BCUT2D eigenvalue weighted by Gasteiger charge is -2.11. The molecule has 0 atom stereocenters. The van der Waals surface area contributed by atoms with Gasteiger partial charge in [-0.15, -0.1) is 0 Å². The van der Waals surface area contributed by atoms with Gasteiger partial charge < -0.3 is 10.4 Å². The Balaban J connectivity index is 2.09. The molecule has 1 amide bonds. The second kappa shape index (κ2) is 6.67. The molecule has 0 aliphatic carbocycles. The number of aryl methyl sites for hydroxylation is 3. The van der Waals surface area contributed by atoms with E-state index in [0.29, 0.717) is 25.8 Å². The van der Waals surface area contributed by atoms with Gasteiger partial charge in [-0.2, -0.15) is 5.10 Å². The molecular weight excluding hydrogens is 268 g/mol. The first-order valence-corrected chi connectivity index (χ1v) is 7.23. The highest BCUT2D eigenvalue weighted by Gasteiger charge is 2.12. The molecule has 2 heterocycles. The summed E-state index contributed by atoms with van der Waals surface area (Å²) >= 11 is 0. The Hall–Kier alpha value is -1.95. The molecule has 114 valence electrons. The van der Waals surface area contributed by atoms with Crippen LogP contribution in [0.25, 0.3) is 5.65 Å². The van der Waals surface area contributed by atoms with Crippen molar-refractivity contribution in [2.24, 2.45) is 0 Å². The lowest BCUT2D eigenvalue weighted by Crippen LogP contribution is -2.25. The molecule has 0 fully saturated rings. The van der Waals surface area contributed by atoms with Crippen LogP contribution >= 0.6 is 0 Å². The van der Waals surface area contributed by atoms with Crippen molar-refractivity contribution < 1.29 is 9.90 Å². The summed E-state index contributed by atoms with van der Waals surface area (Å²) in [4.78, 5) is 16.3. The maximum Gasteiger partial charge on any atom is 0.220 e. The van der Waals surface area contributed by atoms with Gasteiger partial charge in [-0.25, -0.2) is 9.50 Å². The van der Waals surface area contributed by atoms with Crippen LogP contribution in [0.5, 0.6) is 0 Å². The third-order valence-corrected chi connectivity index (χ3v) is 3.55. The van der Waals surface area contributed by atoms with Crippen molar-refractivity contribution in [1.82, 2.24) is 19.9 Å². The van der Waals surface area contributed by atoms with Crippen LogP contribution in [0.1, 0.15) is 35.5 Å². The minimum absolute atomic E-state index is 0.000933. The Morgan fingerprint density at radius 3 is 2.86 bits per heavy atom. The second-order valence-electron chi connectivity index (χ2n) is 5.24. The summed E-state index contributed by atoms with van der Waals surface area (Å²) in [5.41, 5.74) is 4.84. The maximum absolute atomic E-state index is 11.7. The fourth-order valence-corrected chi connectivity index (χ4v) is 2.44. The number of aliphatic hydroxyl groups excluding tert-OH is 1. The zero-order valence-corrected chi connectivity index (χ0v) is 12.8. The summed E-state index contributed by atoms with van der Waals surface area (Å²) in [6.45, 7) is 6.53. The number of amides is 1. The zero-order chi connectivity index (χ0) is 15.4. The average molecular weight is 290 g/mol. The molecule has 0 spiro atoms. The van der Waals surface area contributed by atoms with E-state index < -0.39 is 0 Å². The largest absolute Gasteiger partial charge is 0.396 e. The Morgan fingerprint density at radius 2 is 2.14 bits per heavy atom. The van der Waals surface area contributed by atoms with Gasteiger partial charge in [0.25, 0.3) is 0 Å². The van der Waals surface area contributed by atoms with Gasteiger partial charge >= 0.3 is 0 Å². The topological polar surface area (TPSA) is 79.5 Å². The molecule has 21 heavy (non-hydrogen) atoms. The molecular formula is C15H22N4O2. The van der Waals surface area contributed by atoms with Gasteiger partial charge in [-0.05, 0) is 39.2 Å². The van der Waals surface area contributed by atoms with Gasteiger partial charge in [0.1, 0.15) is 0 Å². The van der Waals surface area contributed by atoms with Gasteiger partial charge in [0.15, 0.2) is 5.65 Å². The van der Waals surface area contributed by atoms with Gasteiger partial charge in [-0.1, -0.05) is 0 Å². The predicted molar refractivity (Wildman–Crippen MR) is 80.2 cm³/mol. The van der Waals surface area contributed by atoms with E-state index in [-0.39, 0.29) is 12.5 Å². The highest BCUT2D eigenvalue weighted by atomic mass is 16.3. The molecule has 0 aliphatic heterocycles. The number of aromatic nitrogens is 3. The molecule has 2 rings (SSSR count). The number of nitrogens with one attached hydrogen (secondary N) is 1. The summed E-state index contributed by atoms with van der Waals surface area (Å²) in [6.07, 6.45) is 1.65. The standard InChI is InChI=1S/C15H22N4O2/c1-10-9-14-17-11(2)13(12(3)19(14)18-10)5-6-15(21)16-7-4-8-20/h9,20H,4-8H2,1-3H3,(H,16,21). The first kappa shape index (κ1) is 15.4. The first-order valence-electron chi connectivity index (χ1n) is 7.23. The van der Waals surface area contributed by atoms with E-state index >= 15 is 0 Å². The van der Waals surface area contributed by atoms with Crippen LogP contribution in [0.15, 0.2) is 6.07 Å². The maximum atomic E-state index is 11.7. The molecule has 6 heteroatoms. The molecule has 0 saturated carbocycles. The number of hydrogen-bond donors (Lipinski definition) is 2. The van der Waals surface area contributed by atoms with E-state index in [2.05, 4.69) is 15.4 Å². The average Bonchev–Trinajstić information content (AvgIpc) is 2.79. The summed E-state index contributed by atoms with van der Waals surface area (Å²) in [7, 11) is 0. The van der Waals surface area contributed by atoms with Gasteiger partial charge in [0.2, 0.25) is 5.91 Å². The quantitative estimate of drug-likeness (QED) is 0.780. The molecule has 0 unspecified atom stereocenters. The van der Waals surface area contributed by atoms with E-state index in [1.165, 1.54) is 0 Å². The smallest absolute Gasteiger partial charge is 0.220 e. The first-order chi connectivity index (χ1) is 10.0. The van der Waals surface area contributed by atoms with Crippen LogP contribution in [0, 0.1) is 20.8 Å². The van der Waals surface area contributed by atoms with Crippen LogP contribution in [0.3, 0.4) is 0 Å². The molecule has 2 N–H and O–H groups in total. The van der Waals surface area contributed by atoms with Gasteiger partial charge in [-0.3, -0.25) is 4.79 Å². The number of carbonyl (C=O) groups excluding carboxylic acids is 1. The van der Waals surface area contributed by atoms with Crippen LogP contribution in [0.4, 0.5) is 0 Å². The summed E-state index contributed by atoms with van der Waals surface area (Å²) in [6, 6.07) is 1.95. The highest BCUT2D eigenvalue weighted by Crippen LogP contribution is 2.16. The molecule has 2 aromatic rings. The third-order valence-electron chi connectivity index (χ3n) is 3.55. The van der Waals surface area contributed by atoms with Gasteiger partial charge in [0, 0.05) is 37.0 Å². The van der Waals surface area contributed by atoms with E-state index in [4.69, 9.17) is 5.11 Å². The Morgan fingerprint density at radius 1 is 1.38 bits per heavy atom. The number of rotatable bonds is 6. The fourth-order valence-electron chi connectivity index (χ4n) is 2.44. The Kier molecular flexibility index (Phi) is 4.90. The molecule has 0 aliphatic rings. The normalized spacial score (nSPS) is 11.0. The van der Waals surface area contributed by atoms with E-state index in [1.807, 2.05) is 31.4 Å². The van der Waals surface area contributed by atoms with Crippen molar-refractivity contribution in [3.63, 3.8) is 0 Å². The van der Waals surface area contributed by atoms with Crippen LogP contribution in [-0.4, -0.2) is 38.8 Å². The van der Waals surface area contributed by atoms with Crippen molar-refractivity contribution in [3.05, 3.63) is 28.7 Å². The van der Waals surface area contributed by atoms with Crippen molar-refractivity contribution in [1.29, 1.82) is 0 Å². The number of nitrogens with zero attached hydrogens (tertiary/aromatic N) is 3. The molecule has 0 aromatic carbocycles. The number of fused-ring (bicyclic) bond motifs is 1. The molecule has 0 saturated heterocycles. The summed E-state index contributed by atoms with van der Waals surface area (Å²) in [5, 5.41) is 15.9. The van der Waals surface area contributed by atoms with Crippen molar-refractivity contribution >= 4 is 11.6 Å². The van der Waals surface area contributed by atoms with Crippen LogP contribution in [0.2, 0.25) is 0 Å². The lowest BCUT2D eigenvalue weighted by atomic mass is 10.1. The lowest BCUT2D eigenvalue weighted by molar-refractivity contribution is -0.121. The number of hydrogen-bond acceptors (Lipinski definition) is 4. The SMILES string of the molecule is Cc1cc2nc(C)c(CCC(=O)NCCCO)c(C)n2n1. The monoisotopic (exact) mass is 290 g/mol. The van der Waals surface area contributed by atoms with E-state index in [1.54, 1.807) is 0 Å². The number of aliphatic hydroxyl groups is 1. The summed E-state index contributed by atoms with van der Waals surface area (Å²) < 4.78 is 1.83. The zero-order valence-electron chi connectivity index (χ0n) is 12.8. The van der Waals surface area contributed by atoms with Crippen LogP contribution in [-0.2, 0) is 11.2 Å².